The normalized spacial score (nSPS) is 13.8. The van der Waals surface area contributed by atoms with E-state index in [4.69, 9.17) is 95.9 Å². The number of rotatable bonds is 28. The van der Waals surface area contributed by atoms with Crippen molar-refractivity contribution in [3.63, 3.8) is 0 Å². The molecule has 0 aromatic carbocycles. The summed E-state index contributed by atoms with van der Waals surface area (Å²) in [6, 6.07) is 13.7. The third-order valence-electron chi connectivity index (χ3n) is 6.08. The molecule has 0 aliphatic carbocycles. The van der Waals surface area contributed by atoms with Crippen LogP contribution in [-0.4, -0.2) is 146 Å². The van der Waals surface area contributed by atoms with Gasteiger partial charge in [-0.05, 0) is 0 Å². The van der Waals surface area contributed by atoms with Crippen molar-refractivity contribution in [2.24, 2.45) is 0 Å². The van der Waals surface area contributed by atoms with Gasteiger partial charge in [-0.1, -0.05) is 28.9 Å². The summed E-state index contributed by atoms with van der Waals surface area (Å²) in [6.45, 7) is 2.20. The highest BCUT2D eigenvalue weighted by Crippen LogP contribution is 2.21. The van der Waals surface area contributed by atoms with Gasteiger partial charge in [-0.3, -0.25) is 0 Å². The first kappa shape index (κ1) is 62.7. The van der Waals surface area contributed by atoms with Gasteiger partial charge in [0.25, 0.3) is 0 Å². The summed E-state index contributed by atoms with van der Waals surface area (Å²) >= 11 is 0. The van der Waals surface area contributed by atoms with Crippen molar-refractivity contribution >= 4 is 0 Å². The molecule has 312 valence electrons. The van der Waals surface area contributed by atoms with Crippen LogP contribution in [-0.2, 0) is 28.4 Å². The first-order valence-electron chi connectivity index (χ1n) is 15.9. The topological polar surface area (TPSA) is 343 Å². The first-order valence-corrected chi connectivity index (χ1v) is 15.9. The monoisotopic (exact) mass is 783 g/mol. The molecule has 55 heavy (non-hydrogen) atoms. The van der Waals surface area contributed by atoms with Gasteiger partial charge in [-0.15, -0.1) is 0 Å². The van der Waals surface area contributed by atoms with Crippen LogP contribution in [0.2, 0.25) is 0 Å². The van der Waals surface area contributed by atoms with Crippen molar-refractivity contribution < 1.29 is 59.1 Å². The van der Waals surface area contributed by atoms with E-state index in [0.717, 1.165) is 0 Å². The van der Waals surface area contributed by atoms with Crippen molar-refractivity contribution in [1.29, 1.82) is 36.8 Å². The van der Waals surface area contributed by atoms with Crippen LogP contribution in [0.3, 0.4) is 0 Å². The van der Waals surface area contributed by atoms with Gasteiger partial charge in [0.05, 0.1) is 147 Å². The van der Waals surface area contributed by atoms with Gasteiger partial charge < -0.3 is 59.1 Å². The number of allylic oxidation sites excluding steroid dienone is 1. The summed E-state index contributed by atoms with van der Waals surface area (Å²) in [5, 5.41) is 113. The summed E-state index contributed by atoms with van der Waals surface area (Å²) < 4.78 is 35.0. The van der Waals surface area contributed by atoms with Crippen LogP contribution in [0, 0.1) is 79.3 Å². The highest BCUT2D eigenvalue weighted by Gasteiger charge is 2.38. The highest BCUT2D eigenvalue weighted by atomic mass is 16.6. The molecule has 8 atom stereocenters. The third kappa shape index (κ3) is 35.2. The van der Waals surface area contributed by atoms with E-state index in [-0.39, 0.29) is 114 Å². The Hall–Kier alpha value is -4.31. The summed E-state index contributed by atoms with van der Waals surface area (Å²) in [6.07, 6.45) is -7.78. The fraction of sp³-hybridized carbons (Fsp3) is 0.750. The van der Waals surface area contributed by atoms with Gasteiger partial charge in [-0.25, -0.2) is 0 Å². The highest BCUT2D eigenvalue weighted by molar-refractivity contribution is 4.93. The van der Waals surface area contributed by atoms with Gasteiger partial charge in [0, 0.05) is 6.08 Å². The molecule has 0 spiro atoms. The van der Waals surface area contributed by atoms with Crippen molar-refractivity contribution in [2.45, 2.75) is 110 Å². The fourth-order valence-corrected chi connectivity index (χ4v) is 3.60. The SMILES string of the molecule is C.C.C.C=CC#N.N#CCCOC[C@H](OCCC#N)[C@@H](OCCC#N)[C@H](OCCC#N)[C@@H](COCCC#N)OCCC#N.OC[C@@H](O)[C@@H](O)[C@H](O)[C@@H](O)CO. The molecule has 0 unspecified atom stereocenters. The largest absolute Gasteiger partial charge is 0.394 e. The average molecular weight is 784 g/mol. The molecule has 19 heteroatoms. The van der Waals surface area contributed by atoms with E-state index in [1.807, 2.05) is 36.4 Å². The number of aliphatic hydroxyl groups excluding tert-OH is 6. The van der Waals surface area contributed by atoms with Gasteiger partial charge >= 0.3 is 0 Å². The minimum atomic E-state index is -1.67. The maximum atomic E-state index is 9.00. The van der Waals surface area contributed by atoms with Crippen LogP contribution < -0.4 is 0 Å². The maximum absolute atomic E-state index is 9.00. The average Bonchev–Trinajstić information content (AvgIpc) is 3.16. The summed E-state index contributed by atoms with van der Waals surface area (Å²) in [5.41, 5.74) is 0. The Labute approximate surface area is 326 Å². The lowest BCUT2D eigenvalue weighted by atomic mass is 10.0. The Balaban J connectivity index is -0.000000264. The molecule has 19 nitrogen and oxygen atoms in total. The Kier molecular flexibility index (Phi) is 54.4. The molecular formula is C36H61N7O12. The predicted octanol–water partition coefficient (Wildman–Crippen LogP) is 1.06. The fourth-order valence-electron chi connectivity index (χ4n) is 3.60. The Morgan fingerprint density at radius 1 is 0.473 bits per heavy atom. The molecule has 0 radical (unpaired) electrons. The molecule has 0 heterocycles. The van der Waals surface area contributed by atoms with E-state index in [9.17, 15) is 0 Å². The van der Waals surface area contributed by atoms with Crippen LogP contribution in [0.4, 0.5) is 0 Å². The summed E-state index contributed by atoms with van der Waals surface area (Å²) in [7, 11) is 0. The minimum Gasteiger partial charge on any atom is -0.394 e. The second-order valence-corrected chi connectivity index (χ2v) is 9.90. The van der Waals surface area contributed by atoms with E-state index < -0.39 is 62.0 Å². The lowest BCUT2D eigenvalue weighted by Gasteiger charge is -2.37. The number of hydrogen-bond donors (Lipinski definition) is 6. The van der Waals surface area contributed by atoms with Crippen molar-refractivity contribution in [3.05, 3.63) is 12.7 Å². The molecule has 0 amide bonds. The molecule has 0 aromatic rings. The summed E-state index contributed by atoms with van der Waals surface area (Å²) in [4.78, 5) is 0. The van der Waals surface area contributed by atoms with Crippen molar-refractivity contribution in [3.8, 4) is 42.5 Å². The zero-order chi connectivity index (χ0) is 39.8. The molecule has 6 N–H and O–H groups in total. The Morgan fingerprint density at radius 3 is 0.964 bits per heavy atom. The van der Waals surface area contributed by atoms with Crippen LogP contribution in [0.5, 0.6) is 0 Å². The number of ether oxygens (including phenoxy) is 6. The van der Waals surface area contributed by atoms with Crippen molar-refractivity contribution in [2.75, 3.05) is 66.1 Å². The molecule has 0 aliphatic heterocycles. The summed E-state index contributed by atoms with van der Waals surface area (Å²) in [5.74, 6) is 0. The first-order chi connectivity index (χ1) is 25.1. The smallest absolute Gasteiger partial charge is 0.115 e. The van der Waals surface area contributed by atoms with Gasteiger partial charge in [-0.2, -0.15) is 36.8 Å². The van der Waals surface area contributed by atoms with Gasteiger partial charge in [0.1, 0.15) is 48.8 Å². The van der Waals surface area contributed by atoms with E-state index in [1.54, 1.807) is 6.07 Å². The molecule has 0 aromatic heterocycles. The second-order valence-electron chi connectivity index (χ2n) is 9.90. The number of hydrogen-bond acceptors (Lipinski definition) is 19. The number of aliphatic hydroxyl groups is 6. The van der Waals surface area contributed by atoms with Crippen LogP contribution in [0.15, 0.2) is 12.7 Å². The second kappa shape index (κ2) is 47.7. The molecule has 0 fully saturated rings. The van der Waals surface area contributed by atoms with Gasteiger partial charge in [0.15, 0.2) is 0 Å². The maximum Gasteiger partial charge on any atom is 0.115 e. The predicted molar refractivity (Wildman–Crippen MR) is 196 cm³/mol. The lowest BCUT2D eigenvalue weighted by molar-refractivity contribution is -0.195. The number of nitriles is 7. The van der Waals surface area contributed by atoms with Crippen LogP contribution in [0.1, 0.15) is 60.8 Å². The quantitative estimate of drug-likeness (QED) is 0.0477. The van der Waals surface area contributed by atoms with Gasteiger partial charge in [0.2, 0.25) is 0 Å². The van der Waals surface area contributed by atoms with E-state index >= 15 is 0 Å². The molecular weight excluding hydrogens is 722 g/mol. The Morgan fingerprint density at radius 2 is 0.727 bits per heavy atom. The lowest BCUT2D eigenvalue weighted by Crippen LogP contribution is -2.52. The standard InChI is InChI=1S/C24H32N6O6.C6H14O6.C3H3N.3CH4/c25-7-1-13-31-19-21(33-15-3-9-27)23(35-17-5-11-29)24(36-18-6-12-30)22(34-16-4-10-28)20-32-14-2-8-26;7-1-3(9)5(11)6(12)4(10)2-8;1-2-3-4;;;/h21-24H,1-6,13-20H2;3-12H,1-2H2;2H,1H2;3*1H4/t21-,22+,23-,24-;3-,4+,5-,6-;;;;/m11..../s1. The van der Waals surface area contributed by atoms with Crippen molar-refractivity contribution in [1.82, 2.24) is 0 Å². The zero-order valence-corrected chi connectivity index (χ0v) is 29.0. The van der Waals surface area contributed by atoms with Crippen LogP contribution in [0.25, 0.3) is 0 Å². The van der Waals surface area contributed by atoms with E-state index in [0.29, 0.717) is 0 Å². The molecule has 0 aliphatic rings. The minimum absolute atomic E-state index is 0. The zero-order valence-electron chi connectivity index (χ0n) is 29.0. The Bertz CT molecular complexity index is 1100. The molecule has 0 rings (SSSR count). The van der Waals surface area contributed by atoms with Crippen LogP contribution >= 0.6 is 0 Å². The van der Waals surface area contributed by atoms with E-state index in [2.05, 4.69) is 6.58 Å². The molecule has 0 bridgehead atoms. The third-order valence-corrected chi connectivity index (χ3v) is 6.08. The molecule has 0 saturated carbocycles. The van der Waals surface area contributed by atoms with E-state index in [1.165, 1.54) is 6.08 Å². The number of nitrogens with zero attached hydrogens (tertiary/aromatic N) is 7. The molecule has 0 saturated heterocycles.